The fourth-order valence-corrected chi connectivity index (χ4v) is 6.64. The summed E-state index contributed by atoms with van der Waals surface area (Å²) in [5, 5.41) is 31.4. The molecule has 8 rings (SSSR count). The quantitative estimate of drug-likeness (QED) is 0.0654. The van der Waals surface area contributed by atoms with Gasteiger partial charge in [-0.3, -0.25) is 4.79 Å². The molecule has 0 amide bonds. The predicted molar refractivity (Wildman–Crippen MR) is 207 cm³/mol. The van der Waals surface area contributed by atoms with Gasteiger partial charge in [0.05, 0.1) is 40.5 Å². The molecule has 52 heavy (non-hydrogen) atoms. The Kier molecular flexibility index (Phi) is 11.9. The van der Waals surface area contributed by atoms with Crippen molar-refractivity contribution in [3.63, 3.8) is 0 Å². The molecule has 0 radical (unpaired) electrons. The van der Waals surface area contributed by atoms with Crippen molar-refractivity contribution >= 4 is 68.4 Å². The third kappa shape index (κ3) is 7.93. The number of fused-ring (bicyclic) bond motifs is 2. The second kappa shape index (κ2) is 16.5. The average molecular weight is 753 g/mol. The summed E-state index contributed by atoms with van der Waals surface area (Å²) in [5.41, 5.74) is 7.03. The SMILES string of the molecule is C/C(=N/O)c1cccc(-c2ccc3cnn(-c4ncc(C)s4)c3c2)n1.CC(=O)c1cccc(-c2ccc3cnn(-c4ncc(C)s4)c3c2)n1.Cl.NO. The Morgan fingerprint density at radius 1 is 0.692 bits per heavy atom. The maximum Gasteiger partial charge on any atom is 0.211 e. The van der Waals surface area contributed by atoms with E-state index in [0.29, 0.717) is 17.1 Å². The second-order valence-corrected chi connectivity index (χ2v) is 13.7. The van der Waals surface area contributed by atoms with Crippen molar-refractivity contribution in [3.8, 4) is 32.8 Å². The van der Waals surface area contributed by atoms with E-state index >= 15 is 0 Å². The number of Topliss-reactive ketones (excluding diaryl/α,β-unsaturated/α-hetero) is 1. The molecule has 0 saturated heterocycles. The number of carbonyl (C=O) groups is 1. The van der Waals surface area contributed by atoms with Gasteiger partial charge in [0.1, 0.15) is 11.4 Å². The van der Waals surface area contributed by atoms with E-state index in [0.717, 1.165) is 64.3 Å². The number of ketones is 1. The van der Waals surface area contributed by atoms with E-state index in [9.17, 15) is 4.79 Å². The first-order valence-corrected chi connectivity index (χ1v) is 17.1. The van der Waals surface area contributed by atoms with Gasteiger partial charge in [-0.2, -0.15) is 10.2 Å². The van der Waals surface area contributed by atoms with Gasteiger partial charge in [-0.05, 0) is 57.2 Å². The van der Waals surface area contributed by atoms with Crippen LogP contribution in [-0.2, 0) is 0 Å². The van der Waals surface area contributed by atoms with E-state index < -0.39 is 0 Å². The number of carbonyl (C=O) groups excluding carboxylic acids is 1. The molecule has 0 aliphatic heterocycles. The molecule has 0 aliphatic carbocycles. The lowest BCUT2D eigenvalue weighted by Crippen LogP contribution is -1.99. The van der Waals surface area contributed by atoms with Crippen molar-refractivity contribution in [2.24, 2.45) is 11.1 Å². The van der Waals surface area contributed by atoms with Crippen molar-refractivity contribution in [3.05, 3.63) is 119 Å². The minimum atomic E-state index is -0.0405. The molecule has 6 heterocycles. The van der Waals surface area contributed by atoms with Crippen LogP contribution >= 0.6 is 35.1 Å². The molecule has 0 unspecified atom stereocenters. The average Bonchev–Trinajstić information content (AvgIpc) is 3.98. The zero-order valence-corrected chi connectivity index (χ0v) is 30.8. The minimum absolute atomic E-state index is 0. The summed E-state index contributed by atoms with van der Waals surface area (Å²) in [7, 11) is 0. The number of thiazole rings is 2. The summed E-state index contributed by atoms with van der Waals surface area (Å²) >= 11 is 3.20. The zero-order valence-electron chi connectivity index (χ0n) is 28.4. The first kappa shape index (κ1) is 37.5. The van der Waals surface area contributed by atoms with Crippen molar-refractivity contribution in [2.45, 2.75) is 27.7 Å². The molecule has 0 fully saturated rings. The maximum atomic E-state index is 11.6. The van der Waals surface area contributed by atoms with E-state index in [1.165, 1.54) is 6.92 Å². The van der Waals surface area contributed by atoms with Crippen LogP contribution in [0.15, 0.2) is 103 Å². The van der Waals surface area contributed by atoms with Gasteiger partial charge in [-0.15, -0.1) is 35.1 Å². The van der Waals surface area contributed by atoms with E-state index in [4.69, 9.17) is 10.4 Å². The monoisotopic (exact) mass is 752 g/mol. The first-order valence-electron chi connectivity index (χ1n) is 15.5. The maximum absolute atomic E-state index is 11.6. The van der Waals surface area contributed by atoms with Gasteiger partial charge in [0.25, 0.3) is 0 Å². The molecule has 0 bridgehead atoms. The minimum Gasteiger partial charge on any atom is -0.411 e. The Hall–Kier alpha value is -5.71. The lowest BCUT2D eigenvalue weighted by atomic mass is 10.1. The van der Waals surface area contributed by atoms with E-state index in [2.05, 4.69) is 47.3 Å². The molecular formula is C36H33ClN10O3S2. The van der Waals surface area contributed by atoms with Crippen molar-refractivity contribution < 1.29 is 15.2 Å². The van der Waals surface area contributed by atoms with Gasteiger partial charge in [-0.25, -0.2) is 35.2 Å². The van der Waals surface area contributed by atoms with Gasteiger partial charge in [0, 0.05) is 51.0 Å². The highest BCUT2D eigenvalue weighted by atomic mass is 35.5. The van der Waals surface area contributed by atoms with Gasteiger partial charge in [0.2, 0.25) is 10.3 Å². The van der Waals surface area contributed by atoms with Crippen LogP contribution in [0.1, 0.15) is 39.8 Å². The number of halogens is 1. The Bertz CT molecular complexity index is 2520. The molecule has 264 valence electrons. The van der Waals surface area contributed by atoms with Crippen LogP contribution in [0.5, 0.6) is 0 Å². The number of hydrogen-bond donors (Lipinski definition) is 3. The fraction of sp³-hybridized carbons (Fsp3) is 0.111. The van der Waals surface area contributed by atoms with E-state index in [1.807, 2.05) is 109 Å². The number of aromatic nitrogens is 8. The van der Waals surface area contributed by atoms with Crippen LogP contribution in [0.25, 0.3) is 54.6 Å². The molecule has 0 atom stereocenters. The molecule has 0 aliphatic rings. The summed E-state index contributed by atoms with van der Waals surface area (Å²) in [4.78, 5) is 31.7. The predicted octanol–water partition coefficient (Wildman–Crippen LogP) is 7.86. The highest BCUT2D eigenvalue weighted by Gasteiger charge is 2.13. The number of pyridine rings is 2. The summed E-state index contributed by atoms with van der Waals surface area (Å²) < 4.78 is 3.69. The van der Waals surface area contributed by atoms with Gasteiger partial charge >= 0.3 is 0 Å². The lowest BCUT2D eigenvalue weighted by Gasteiger charge is -2.05. The summed E-state index contributed by atoms with van der Waals surface area (Å²) in [6.07, 6.45) is 7.35. The highest BCUT2D eigenvalue weighted by Crippen LogP contribution is 2.28. The second-order valence-electron chi connectivity index (χ2n) is 11.2. The molecule has 4 N–H and O–H groups in total. The highest BCUT2D eigenvalue weighted by molar-refractivity contribution is 7.14. The Balaban J connectivity index is 0.000000189. The number of rotatable bonds is 6. The Morgan fingerprint density at radius 3 is 1.58 bits per heavy atom. The Labute approximate surface area is 312 Å². The smallest absolute Gasteiger partial charge is 0.211 e. The summed E-state index contributed by atoms with van der Waals surface area (Å²) in [6, 6.07) is 23.3. The summed E-state index contributed by atoms with van der Waals surface area (Å²) in [5.74, 6) is 3.46. The first-order chi connectivity index (χ1) is 24.8. The largest absolute Gasteiger partial charge is 0.411 e. The van der Waals surface area contributed by atoms with Gasteiger partial charge in [0.15, 0.2) is 5.78 Å². The lowest BCUT2D eigenvalue weighted by molar-refractivity contribution is 0.101. The molecule has 6 aromatic heterocycles. The van der Waals surface area contributed by atoms with Crippen molar-refractivity contribution in [2.75, 3.05) is 0 Å². The standard InChI is InChI=1S/C18H15N5OS.C18H14N4OS.ClH.H3NO/c1-11-9-19-18(25-11)23-17-8-13(6-7-14(17)10-20-23)16-5-3-4-15(21-16)12(2)22-24;1-11-9-19-18(24-11)22-17-8-13(6-7-14(17)10-20-22)16-5-3-4-15(21-16)12(2)23;;1-2/h3-10,24H,1-2H3;3-10H,1-2H3;1H;2H,1H2/b22-12-;;;. The molecule has 2 aromatic carbocycles. The van der Waals surface area contributed by atoms with Crippen LogP contribution in [0, 0.1) is 13.8 Å². The zero-order chi connectivity index (χ0) is 36.1. The Morgan fingerprint density at radius 2 is 1.15 bits per heavy atom. The van der Waals surface area contributed by atoms with E-state index in [1.54, 1.807) is 35.7 Å². The number of hydrogen-bond acceptors (Lipinski definition) is 13. The molecule has 16 heteroatoms. The molecule has 0 spiro atoms. The number of benzene rings is 2. The van der Waals surface area contributed by atoms with Crippen molar-refractivity contribution in [1.29, 1.82) is 0 Å². The van der Waals surface area contributed by atoms with Crippen molar-refractivity contribution in [1.82, 2.24) is 39.5 Å². The third-order valence-electron chi connectivity index (χ3n) is 7.69. The van der Waals surface area contributed by atoms with Crippen LogP contribution in [0.3, 0.4) is 0 Å². The van der Waals surface area contributed by atoms with Gasteiger partial charge < -0.3 is 10.4 Å². The van der Waals surface area contributed by atoms with E-state index in [-0.39, 0.29) is 18.2 Å². The molecule has 13 nitrogen and oxygen atoms in total. The molecule has 0 saturated carbocycles. The number of aryl methyl sites for hydroxylation is 2. The summed E-state index contributed by atoms with van der Waals surface area (Å²) in [6.45, 7) is 7.29. The van der Waals surface area contributed by atoms with Crippen LogP contribution < -0.4 is 5.90 Å². The molecular weight excluding hydrogens is 720 g/mol. The number of nitrogens with two attached hydrogens (primary N) is 1. The number of oxime groups is 1. The van der Waals surface area contributed by atoms with Gasteiger partial charge in [-0.1, -0.05) is 41.6 Å². The third-order valence-corrected chi connectivity index (χ3v) is 9.47. The molecule has 8 aromatic rings. The van der Waals surface area contributed by atoms with Crippen LogP contribution in [0.2, 0.25) is 0 Å². The fourth-order valence-electron chi connectivity index (χ4n) is 5.18. The number of nitrogens with zero attached hydrogens (tertiary/aromatic N) is 9. The normalized spacial score (nSPS) is 11.0. The topological polar surface area (TPSA) is 183 Å². The van der Waals surface area contributed by atoms with Crippen LogP contribution in [0.4, 0.5) is 0 Å². The van der Waals surface area contributed by atoms with Crippen LogP contribution in [-0.4, -0.2) is 61.4 Å².